The van der Waals surface area contributed by atoms with Crippen LogP contribution < -0.4 is 0 Å². The van der Waals surface area contributed by atoms with E-state index in [4.69, 9.17) is 11.3 Å². The molecule has 12 aromatic rings. The number of hydrogen-bond acceptors (Lipinski definition) is 1. The summed E-state index contributed by atoms with van der Waals surface area (Å²) < 4.78 is 81.6. The molecule has 0 fully saturated rings. The van der Waals surface area contributed by atoms with Crippen LogP contribution in [0.4, 0.5) is 0 Å². The Hall–Kier alpha value is -7.62. The van der Waals surface area contributed by atoms with Crippen molar-refractivity contribution in [3.05, 3.63) is 206 Å². The van der Waals surface area contributed by atoms with Crippen molar-refractivity contribution in [1.82, 2.24) is 9.13 Å². The molecule has 266 valence electrons. The molecular formula is C54H34N2O. The number of hydrogen-bond donors (Lipinski definition) is 0. The number of aromatic nitrogens is 2. The number of fused-ring (bicyclic) bond motifs is 9. The second kappa shape index (κ2) is 12.5. The Morgan fingerprint density at radius 3 is 1.84 bits per heavy atom. The zero-order valence-electron chi connectivity index (χ0n) is 38.3. The second-order valence-electron chi connectivity index (χ2n) is 14.3. The molecule has 0 bridgehead atoms. The average Bonchev–Trinajstić information content (AvgIpc) is 4.00. The summed E-state index contributed by atoms with van der Waals surface area (Å²) in [7, 11) is 0. The standard InChI is InChI=1S/C54H34N2O/c1-3-12-35(13-4-1)36-22-26-40(27-23-36)55-48-19-9-7-16-43(48)46-32-38(24-30-50(46)55)39-25-31-51-47(33-39)44-17-8-10-20-49(44)56(51)41-28-29-45-53(34-41)57-52-21-11-18-42(54(45)52)37-14-5-2-6-15-37/h1-34H/i2D,5D,6D,14D,15D,24D,30D,32D. The van der Waals surface area contributed by atoms with Gasteiger partial charge in [0.1, 0.15) is 11.2 Å². The van der Waals surface area contributed by atoms with Gasteiger partial charge in [0.25, 0.3) is 0 Å². The minimum Gasteiger partial charge on any atom is -0.456 e. The van der Waals surface area contributed by atoms with E-state index < -0.39 is 18.1 Å². The lowest BCUT2D eigenvalue weighted by Gasteiger charge is -2.10. The number of furan rings is 1. The zero-order chi connectivity index (χ0) is 44.4. The minimum atomic E-state index is -0.441. The molecule has 0 N–H and O–H groups in total. The highest BCUT2D eigenvalue weighted by molar-refractivity contribution is 6.15. The lowest BCUT2D eigenvalue weighted by molar-refractivity contribution is 0.668. The van der Waals surface area contributed by atoms with E-state index >= 15 is 0 Å². The molecule has 57 heavy (non-hydrogen) atoms. The van der Waals surface area contributed by atoms with Crippen molar-refractivity contribution in [1.29, 1.82) is 0 Å². The first-order valence-corrected chi connectivity index (χ1v) is 18.9. The van der Waals surface area contributed by atoms with Gasteiger partial charge < -0.3 is 13.6 Å². The van der Waals surface area contributed by atoms with Crippen LogP contribution in [0.1, 0.15) is 11.0 Å². The van der Waals surface area contributed by atoms with E-state index in [2.05, 4.69) is 41.0 Å². The third-order valence-corrected chi connectivity index (χ3v) is 11.1. The van der Waals surface area contributed by atoms with Crippen molar-refractivity contribution in [2.75, 3.05) is 0 Å². The topological polar surface area (TPSA) is 23.0 Å². The summed E-state index contributed by atoms with van der Waals surface area (Å²) in [5.74, 6) is 0. The number of benzene rings is 9. The van der Waals surface area contributed by atoms with E-state index in [1.165, 1.54) is 0 Å². The Bertz CT molecular complexity index is 3950. The summed E-state index contributed by atoms with van der Waals surface area (Å²) in [5.41, 5.74) is 9.83. The Labute approximate surface area is 340 Å². The molecule has 0 aliphatic heterocycles. The molecule has 0 spiro atoms. The SMILES string of the molecule is [2H]c1c([2H])c([2H])c(-c2cccc3oc4cc(-n5c6ccccc6c6cc(-c7c([2H])c([2H])c8c(c7[2H])c7ccccc7n8-c7ccc(-c8ccccc8)cc7)ccc65)ccc4c23)c([2H])c1[2H]. The van der Waals surface area contributed by atoms with Crippen LogP contribution >= 0.6 is 0 Å². The van der Waals surface area contributed by atoms with Crippen LogP contribution in [-0.2, 0) is 0 Å². The zero-order valence-corrected chi connectivity index (χ0v) is 30.3. The Kier molecular flexibility index (Phi) is 5.40. The largest absolute Gasteiger partial charge is 0.456 e. The highest BCUT2D eigenvalue weighted by Gasteiger charge is 2.18. The maximum atomic E-state index is 9.80. The number of rotatable bonds is 5. The molecule has 0 aliphatic carbocycles. The molecule has 0 atom stereocenters. The van der Waals surface area contributed by atoms with Gasteiger partial charge in [-0.15, -0.1) is 0 Å². The number of para-hydroxylation sites is 2. The molecule has 0 saturated heterocycles. The fourth-order valence-corrected chi connectivity index (χ4v) is 8.56. The molecule has 0 unspecified atom stereocenters. The third-order valence-electron chi connectivity index (χ3n) is 11.1. The fraction of sp³-hybridized carbons (Fsp3) is 0. The van der Waals surface area contributed by atoms with Gasteiger partial charge in [-0.05, 0) is 100 Å². The van der Waals surface area contributed by atoms with Crippen molar-refractivity contribution < 1.29 is 15.4 Å². The highest BCUT2D eigenvalue weighted by atomic mass is 16.3. The summed E-state index contributed by atoms with van der Waals surface area (Å²) in [6, 6.07) is 50.0. The molecule has 3 heteroatoms. The molecule has 12 rings (SSSR count). The van der Waals surface area contributed by atoms with Crippen molar-refractivity contribution in [2.45, 2.75) is 0 Å². The van der Waals surface area contributed by atoms with Gasteiger partial charge in [0.15, 0.2) is 0 Å². The van der Waals surface area contributed by atoms with Gasteiger partial charge in [-0.25, -0.2) is 0 Å². The predicted octanol–water partition coefficient (Wildman–Crippen LogP) is 14.8. The van der Waals surface area contributed by atoms with Crippen LogP contribution in [0.3, 0.4) is 0 Å². The first-order chi connectivity index (χ1) is 31.6. The first kappa shape index (κ1) is 24.7. The van der Waals surface area contributed by atoms with Crippen molar-refractivity contribution >= 4 is 65.6 Å². The maximum absolute atomic E-state index is 9.80. The van der Waals surface area contributed by atoms with Crippen LogP contribution in [0.15, 0.2) is 210 Å². The van der Waals surface area contributed by atoms with Gasteiger partial charge in [-0.2, -0.15) is 0 Å². The Morgan fingerprint density at radius 1 is 0.368 bits per heavy atom. The van der Waals surface area contributed by atoms with Crippen molar-refractivity contribution in [3.8, 4) is 44.8 Å². The van der Waals surface area contributed by atoms with Crippen LogP contribution in [-0.4, -0.2) is 9.13 Å². The molecule has 9 aromatic carbocycles. The normalized spacial score (nSPS) is 13.8. The van der Waals surface area contributed by atoms with Gasteiger partial charge >= 0.3 is 0 Å². The van der Waals surface area contributed by atoms with Gasteiger partial charge in [-0.3, -0.25) is 0 Å². The van der Waals surface area contributed by atoms with E-state index in [-0.39, 0.29) is 35.8 Å². The predicted molar refractivity (Wildman–Crippen MR) is 239 cm³/mol. The molecule has 3 heterocycles. The van der Waals surface area contributed by atoms with Gasteiger partial charge in [0.05, 0.1) is 33.0 Å². The molecule has 3 nitrogen and oxygen atoms in total. The molecular weight excluding hydrogens is 693 g/mol. The monoisotopic (exact) mass is 734 g/mol. The summed E-state index contributed by atoms with van der Waals surface area (Å²) >= 11 is 0. The van der Waals surface area contributed by atoms with Gasteiger partial charge in [0, 0.05) is 49.8 Å². The molecule has 0 amide bonds. The quantitative estimate of drug-likeness (QED) is 0.173. The fourth-order valence-electron chi connectivity index (χ4n) is 8.56. The summed E-state index contributed by atoms with van der Waals surface area (Å²) in [6.07, 6.45) is 0. The van der Waals surface area contributed by atoms with Gasteiger partial charge in [-0.1, -0.05) is 133 Å². The smallest absolute Gasteiger partial charge is 0.137 e. The van der Waals surface area contributed by atoms with Crippen LogP contribution in [0, 0.1) is 0 Å². The van der Waals surface area contributed by atoms with Crippen molar-refractivity contribution in [2.24, 2.45) is 0 Å². The van der Waals surface area contributed by atoms with E-state index in [1.807, 2.05) is 114 Å². The summed E-state index contributed by atoms with van der Waals surface area (Å²) in [6.45, 7) is 0. The lowest BCUT2D eigenvalue weighted by Crippen LogP contribution is -1.94. The number of nitrogens with zero attached hydrogens (tertiary/aromatic N) is 2. The molecule has 0 saturated carbocycles. The van der Waals surface area contributed by atoms with Crippen molar-refractivity contribution in [3.63, 3.8) is 0 Å². The summed E-state index contributed by atoms with van der Waals surface area (Å²) in [4.78, 5) is 0. The highest BCUT2D eigenvalue weighted by Crippen LogP contribution is 2.41. The van der Waals surface area contributed by atoms with Gasteiger partial charge in [0.2, 0.25) is 0 Å². The van der Waals surface area contributed by atoms with E-state index in [0.29, 0.717) is 44.1 Å². The van der Waals surface area contributed by atoms with E-state index in [1.54, 1.807) is 12.1 Å². The molecule has 3 aromatic heterocycles. The van der Waals surface area contributed by atoms with E-state index in [9.17, 15) is 4.11 Å². The second-order valence-corrected chi connectivity index (χ2v) is 14.3. The Morgan fingerprint density at radius 2 is 1.04 bits per heavy atom. The Balaban J connectivity index is 1.01. The first-order valence-electron chi connectivity index (χ1n) is 22.9. The summed E-state index contributed by atoms with van der Waals surface area (Å²) in [5, 5.41) is 4.75. The lowest BCUT2D eigenvalue weighted by atomic mass is 9.99. The minimum absolute atomic E-state index is 0.0196. The van der Waals surface area contributed by atoms with Crippen LogP contribution in [0.5, 0.6) is 0 Å². The third kappa shape index (κ3) is 4.92. The maximum Gasteiger partial charge on any atom is 0.137 e. The van der Waals surface area contributed by atoms with Crippen LogP contribution in [0.25, 0.3) is 110 Å². The molecule has 0 radical (unpaired) electrons. The van der Waals surface area contributed by atoms with E-state index in [0.717, 1.165) is 60.6 Å². The molecule has 0 aliphatic rings. The average molecular weight is 735 g/mol. The van der Waals surface area contributed by atoms with Crippen LogP contribution in [0.2, 0.25) is 0 Å².